The van der Waals surface area contributed by atoms with E-state index in [1.165, 1.54) is 6.33 Å². The molecule has 0 radical (unpaired) electrons. The molecular weight excluding hydrogens is 392 g/mol. The SMILES string of the molecule is O=C(c1ccccc1-c1ncn[nH]1)N1CCC(Nc2nc3ccc(Cl)cc3o2)C1. The summed E-state index contributed by atoms with van der Waals surface area (Å²) in [4.78, 5) is 23.6. The number of likely N-dealkylation sites (tertiary alicyclic amines) is 1. The number of oxazole rings is 1. The van der Waals surface area contributed by atoms with Crippen molar-refractivity contribution >= 4 is 34.6 Å². The molecule has 29 heavy (non-hydrogen) atoms. The predicted molar refractivity (Wildman–Crippen MR) is 109 cm³/mol. The highest BCUT2D eigenvalue weighted by molar-refractivity contribution is 6.31. The van der Waals surface area contributed by atoms with Crippen LogP contribution < -0.4 is 5.32 Å². The van der Waals surface area contributed by atoms with E-state index in [-0.39, 0.29) is 11.9 Å². The van der Waals surface area contributed by atoms with Crippen LogP contribution in [0.15, 0.2) is 53.2 Å². The molecule has 0 spiro atoms. The van der Waals surface area contributed by atoms with Gasteiger partial charge in [0.15, 0.2) is 11.4 Å². The number of aromatic amines is 1. The van der Waals surface area contributed by atoms with Gasteiger partial charge in [-0.2, -0.15) is 10.1 Å². The van der Waals surface area contributed by atoms with Crippen LogP contribution in [0.4, 0.5) is 6.01 Å². The number of hydrogen-bond donors (Lipinski definition) is 2. The largest absolute Gasteiger partial charge is 0.423 e. The number of carbonyl (C=O) groups excluding carboxylic acids is 1. The van der Waals surface area contributed by atoms with Crippen LogP contribution in [0.25, 0.3) is 22.5 Å². The van der Waals surface area contributed by atoms with E-state index in [9.17, 15) is 4.79 Å². The second kappa shape index (κ2) is 7.21. The maximum atomic E-state index is 13.1. The van der Waals surface area contributed by atoms with Crippen LogP contribution in [-0.4, -0.2) is 50.1 Å². The first kappa shape index (κ1) is 17.7. The number of carbonyl (C=O) groups is 1. The van der Waals surface area contributed by atoms with Crippen molar-refractivity contribution in [3.8, 4) is 11.4 Å². The Balaban J connectivity index is 1.31. The van der Waals surface area contributed by atoms with E-state index in [0.717, 1.165) is 17.5 Å². The number of amides is 1. The van der Waals surface area contributed by atoms with Crippen molar-refractivity contribution < 1.29 is 9.21 Å². The Morgan fingerprint density at radius 2 is 2.17 bits per heavy atom. The topological polar surface area (TPSA) is 99.9 Å². The first-order valence-corrected chi connectivity index (χ1v) is 9.62. The summed E-state index contributed by atoms with van der Waals surface area (Å²) < 4.78 is 5.73. The van der Waals surface area contributed by atoms with E-state index < -0.39 is 0 Å². The summed E-state index contributed by atoms with van der Waals surface area (Å²) in [6, 6.07) is 13.2. The molecule has 1 atom stereocenters. The molecule has 4 aromatic rings. The molecule has 1 amide bonds. The molecule has 1 aliphatic rings. The van der Waals surface area contributed by atoms with Crippen LogP contribution in [0.1, 0.15) is 16.8 Å². The molecular formula is C20H17ClN6O2. The third-order valence-corrected chi connectivity index (χ3v) is 5.22. The molecule has 1 fully saturated rings. The van der Waals surface area contributed by atoms with Gasteiger partial charge in [-0.15, -0.1) is 0 Å². The lowest BCUT2D eigenvalue weighted by Crippen LogP contribution is -2.32. The molecule has 3 heterocycles. The minimum absolute atomic E-state index is 0.0364. The fourth-order valence-electron chi connectivity index (χ4n) is 3.58. The molecule has 1 unspecified atom stereocenters. The van der Waals surface area contributed by atoms with Crippen LogP contribution in [0.3, 0.4) is 0 Å². The third-order valence-electron chi connectivity index (χ3n) is 4.98. The van der Waals surface area contributed by atoms with E-state index in [4.69, 9.17) is 16.0 Å². The normalized spacial score (nSPS) is 16.4. The lowest BCUT2D eigenvalue weighted by atomic mass is 10.1. The van der Waals surface area contributed by atoms with E-state index in [1.54, 1.807) is 12.1 Å². The summed E-state index contributed by atoms with van der Waals surface area (Å²) in [5, 5.41) is 10.6. The van der Waals surface area contributed by atoms with Crippen molar-refractivity contribution in [2.45, 2.75) is 12.5 Å². The molecule has 0 aliphatic carbocycles. The molecule has 0 bridgehead atoms. The summed E-state index contributed by atoms with van der Waals surface area (Å²) in [5.41, 5.74) is 2.71. The average Bonchev–Trinajstić information content (AvgIpc) is 3.48. The predicted octanol–water partition coefficient (Wildman–Crippen LogP) is 3.59. The van der Waals surface area contributed by atoms with Crippen molar-refractivity contribution in [3.05, 3.63) is 59.4 Å². The second-order valence-corrected chi connectivity index (χ2v) is 7.33. The van der Waals surface area contributed by atoms with Crippen LogP contribution in [0, 0.1) is 0 Å². The van der Waals surface area contributed by atoms with Gasteiger partial charge in [0, 0.05) is 35.8 Å². The van der Waals surface area contributed by atoms with E-state index in [0.29, 0.717) is 41.1 Å². The zero-order chi connectivity index (χ0) is 19.8. The van der Waals surface area contributed by atoms with E-state index in [1.807, 2.05) is 35.2 Å². The highest BCUT2D eigenvalue weighted by Crippen LogP contribution is 2.26. The standard InChI is InChI=1S/C20H17ClN6O2/c21-12-5-6-16-17(9-12)29-20(25-16)24-13-7-8-27(10-13)19(28)15-4-2-1-3-14(15)18-22-11-23-26-18/h1-6,9,11,13H,7-8,10H2,(H,24,25)(H,22,23,26). The number of anilines is 1. The third kappa shape index (κ3) is 3.42. The molecule has 2 aromatic carbocycles. The van der Waals surface area contributed by atoms with Gasteiger partial charge in [0.05, 0.1) is 5.56 Å². The maximum absolute atomic E-state index is 13.1. The summed E-state index contributed by atoms with van der Waals surface area (Å²) in [5.74, 6) is 0.540. The van der Waals surface area contributed by atoms with Crippen LogP contribution >= 0.6 is 11.6 Å². The molecule has 5 rings (SSSR count). The molecule has 1 saturated heterocycles. The Bertz CT molecular complexity index is 1170. The number of aromatic nitrogens is 4. The summed E-state index contributed by atoms with van der Waals surface area (Å²) in [7, 11) is 0. The fourth-order valence-corrected chi connectivity index (χ4v) is 3.74. The molecule has 2 aromatic heterocycles. The van der Waals surface area contributed by atoms with E-state index in [2.05, 4.69) is 25.5 Å². The minimum atomic E-state index is -0.0364. The van der Waals surface area contributed by atoms with Gasteiger partial charge in [-0.3, -0.25) is 9.89 Å². The van der Waals surface area contributed by atoms with Gasteiger partial charge in [-0.05, 0) is 24.6 Å². The number of benzene rings is 2. The summed E-state index contributed by atoms with van der Waals surface area (Å²) in [6.07, 6.45) is 2.23. The highest BCUT2D eigenvalue weighted by atomic mass is 35.5. The zero-order valence-corrected chi connectivity index (χ0v) is 16.1. The first-order valence-electron chi connectivity index (χ1n) is 9.24. The fraction of sp³-hybridized carbons (Fsp3) is 0.200. The number of hydrogen-bond acceptors (Lipinski definition) is 6. The number of halogens is 1. The molecule has 2 N–H and O–H groups in total. The van der Waals surface area contributed by atoms with Crippen LogP contribution in [0.5, 0.6) is 0 Å². The number of H-pyrrole nitrogens is 1. The van der Waals surface area contributed by atoms with Crippen LogP contribution in [-0.2, 0) is 0 Å². The van der Waals surface area contributed by atoms with Crippen molar-refractivity contribution in [3.63, 3.8) is 0 Å². The molecule has 1 aliphatic heterocycles. The number of rotatable bonds is 4. The Labute approximate surface area is 170 Å². The second-order valence-electron chi connectivity index (χ2n) is 6.89. The minimum Gasteiger partial charge on any atom is -0.423 e. The summed E-state index contributed by atoms with van der Waals surface area (Å²) >= 11 is 6.00. The van der Waals surface area contributed by atoms with Crippen molar-refractivity contribution in [1.82, 2.24) is 25.1 Å². The number of nitrogens with zero attached hydrogens (tertiary/aromatic N) is 4. The molecule has 0 saturated carbocycles. The maximum Gasteiger partial charge on any atom is 0.295 e. The molecule has 9 heteroatoms. The number of nitrogens with one attached hydrogen (secondary N) is 2. The van der Waals surface area contributed by atoms with Gasteiger partial charge in [0.25, 0.3) is 11.9 Å². The Morgan fingerprint density at radius 1 is 1.28 bits per heavy atom. The zero-order valence-electron chi connectivity index (χ0n) is 15.3. The van der Waals surface area contributed by atoms with Gasteiger partial charge in [-0.1, -0.05) is 29.8 Å². The lowest BCUT2D eigenvalue weighted by Gasteiger charge is -2.18. The highest BCUT2D eigenvalue weighted by Gasteiger charge is 2.29. The first-order chi connectivity index (χ1) is 14.2. The van der Waals surface area contributed by atoms with Gasteiger partial charge >= 0.3 is 0 Å². The van der Waals surface area contributed by atoms with Gasteiger partial charge in [-0.25, -0.2) is 4.98 Å². The monoisotopic (exact) mass is 408 g/mol. The van der Waals surface area contributed by atoms with Crippen molar-refractivity contribution in [1.29, 1.82) is 0 Å². The lowest BCUT2D eigenvalue weighted by molar-refractivity contribution is 0.0792. The Morgan fingerprint density at radius 3 is 3.03 bits per heavy atom. The quantitative estimate of drug-likeness (QED) is 0.535. The molecule has 8 nitrogen and oxygen atoms in total. The Kier molecular flexibility index (Phi) is 4.40. The van der Waals surface area contributed by atoms with Gasteiger partial charge < -0.3 is 14.6 Å². The van der Waals surface area contributed by atoms with Crippen LogP contribution in [0.2, 0.25) is 5.02 Å². The molecule has 146 valence electrons. The van der Waals surface area contributed by atoms with E-state index >= 15 is 0 Å². The number of fused-ring (bicyclic) bond motifs is 1. The van der Waals surface area contributed by atoms with Gasteiger partial charge in [0.2, 0.25) is 0 Å². The summed E-state index contributed by atoms with van der Waals surface area (Å²) in [6.45, 7) is 1.20. The average molecular weight is 409 g/mol. The van der Waals surface area contributed by atoms with Gasteiger partial charge in [0.1, 0.15) is 11.8 Å². The van der Waals surface area contributed by atoms with Crippen molar-refractivity contribution in [2.75, 3.05) is 18.4 Å². The Hall–Kier alpha value is -3.39. The smallest absolute Gasteiger partial charge is 0.295 e. The van der Waals surface area contributed by atoms with Crippen molar-refractivity contribution in [2.24, 2.45) is 0 Å².